The van der Waals surface area contributed by atoms with Crippen LogP contribution in [-0.4, -0.2) is 15.9 Å². The zero-order valence-corrected chi connectivity index (χ0v) is 10.3. The van der Waals surface area contributed by atoms with Gasteiger partial charge in [0.15, 0.2) is 0 Å². The lowest BCUT2D eigenvalue weighted by molar-refractivity contribution is -0.387. The second kappa shape index (κ2) is 5.53. The van der Waals surface area contributed by atoms with Crippen LogP contribution in [0.4, 0.5) is 20.2 Å². The first-order valence-electron chi connectivity index (χ1n) is 5.62. The van der Waals surface area contributed by atoms with Gasteiger partial charge < -0.3 is 10.4 Å². The number of phenols is 1. The van der Waals surface area contributed by atoms with Crippen molar-refractivity contribution in [3.63, 3.8) is 0 Å². The Labute approximate surface area is 116 Å². The molecule has 0 bridgehead atoms. The van der Waals surface area contributed by atoms with Gasteiger partial charge in [0.05, 0.1) is 16.6 Å². The summed E-state index contributed by atoms with van der Waals surface area (Å²) < 4.78 is 27.0. The Hall–Kier alpha value is -3.03. The molecule has 0 saturated carbocycles. The minimum absolute atomic E-state index is 0.0273. The summed E-state index contributed by atoms with van der Waals surface area (Å²) in [5, 5.41) is 21.8. The number of phenolic OH excluding ortho intramolecular Hbond substituents is 1. The van der Waals surface area contributed by atoms with Crippen LogP contribution in [0.2, 0.25) is 0 Å². The van der Waals surface area contributed by atoms with Gasteiger partial charge in [-0.2, -0.15) is 4.39 Å². The third kappa shape index (κ3) is 3.11. The van der Waals surface area contributed by atoms with Crippen LogP contribution in [0.25, 0.3) is 0 Å². The fraction of sp³-hybridized carbons (Fsp3) is 0. The van der Waals surface area contributed by atoms with E-state index in [0.29, 0.717) is 12.1 Å². The van der Waals surface area contributed by atoms with E-state index in [-0.39, 0.29) is 11.4 Å². The van der Waals surface area contributed by atoms with Gasteiger partial charge in [0.1, 0.15) is 11.6 Å². The number of halogens is 2. The second-order valence-corrected chi connectivity index (χ2v) is 4.04. The van der Waals surface area contributed by atoms with Gasteiger partial charge in [-0.05, 0) is 30.3 Å². The Morgan fingerprint density at radius 2 is 1.76 bits per heavy atom. The number of nitro groups is 1. The molecule has 2 aromatic carbocycles. The molecule has 0 aliphatic rings. The number of carbonyl (C=O) groups is 1. The highest BCUT2D eigenvalue weighted by Crippen LogP contribution is 2.22. The number of anilines is 1. The molecule has 0 fully saturated rings. The summed E-state index contributed by atoms with van der Waals surface area (Å²) in [7, 11) is 0. The number of benzene rings is 2. The maximum absolute atomic E-state index is 13.6. The van der Waals surface area contributed by atoms with Crippen molar-refractivity contribution in [2.24, 2.45) is 0 Å². The number of carbonyl (C=O) groups excluding carboxylic acids is 1. The Morgan fingerprint density at radius 1 is 1.14 bits per heavy atom. The van der Waals surface area contributed by atoms with E-state index < -0.39 is 33.7 Å². The van der Waals surface area contributed by atoms with Crippen LogP contribution in [-0.2, 0) is 0 Å². The van der Waals surface area contributed by atoms with Crippen molar-refractivity contribution < 1.29 is 23.6 Å². The van der Waals surface area contributed by atoms with Gasteiger partial charge in [0.25, 0.3) is 5.91 Å². The standard InChI is InChI=1S/C13H8F2N2O4/c14-10-6-12(17(20)21)11(15)5-9(10)13(19)16-7-1-3-8(18)4-2-7/h1-6,18H,(H,16,19). The molecule has 0 atom stereocenters. The Kier molecular flexibility index (Phi) is 3.79. The Balaban J connectivity index is 2.29. The highest BCUT2D eigenvalue weighted by molar-refractivity contribution is 6.04. The van der Waals surface area contributed by atoms with Gasteiger partial charge in [-0.3, -0.25) is 14.9 Å². The predicted molar refractivity (Wildman–Crippen MR) is 69.1 cm³/mol. The third-order valence-corrected chi connectivity index (χ3v) is 2.60. The maximum Gasteiger partial charge on any atom is 0.307 e. The topological polar surface area (TPSA) is 92.5 Å². The summed E-state index contributed by atoms with van der Waals surface area (Å²) in [5.41, 5.74) is -1.46. The molecular formula is C13H8F2N2O4. The molecule has 0 aromatic heterocycles. The van der Waals surface area contributed by atoms with E-state index in [4.69, 9.17) is 5.11 Å². The Morgan fingerprint density at radius 3 is 2.33 bits per heavy atom. The van der Waals surface area contributed by atoms with Crippen LogP contribution < -0.4 is 5.32 Å². The molecule has 0 unspecified atom stereocenters. The zero-order chi connectivity index (χ0) is 15.6. The summed E-state index contributed by atoms with van der Waals surface area (Å²) in [6.07, 6.45) is 0. The van der Waals surface area contributed by atoms with Crippen molar-refractivity contribution in [2.45, 2.75) is 0 Å². The molecule has 21 heavy (non-hydrogen) atoms. The van der Waals surface area contributed by atoms with E-state index in [1.165, 1.54) is 24.3 Å². The highest BCUT2D eigenvalue weighted by Gasteiger charge is 2.22. The molecule has 1 amide bonds. The fourth-order valence-corrected chi connectivity index (χ4v) is 1.59. The summed E-state index contributed by atoms with van der Waals surface area (Å²) in [6, 6.07) is 6.11. The molecule has 0 radical (unpaired) electrons. The minimum Gasteiger partial charge on any atom is -0.508 e. The number of aromatic hydroxyl groups is 1. The number of hydrogen-bond donors (Lipinski definition) is 2. The van der Waals surface area contributed by atoms with Crippen molar-refractivity contribution >= 4 is 17.3 Å². The molecule has 0 spiro atoms. The van der Waals surface area contributed by atoms with Crippen molar-refractivity contribution in [3.8, 4) is 5.75 Å². The number of amides is 1. The Bertz CT molecular complexity index is 717. The largest absolute Gasteiger partial charge is 0.508 e. The molecule has 108 valence electrons. The SMILES string of the molecule is O=C(Nc1ccc(O)cc1)c1cc(F)c([N+](=O)[O-])cc1F. The average molecular weight is 294 g/mol. The van der Waals surface area contributed by atoms with Gasteiger partial charge in [0.2, 0.25) is 5.82 Å². The number of rotatable bonds is 3. The first-order chi connectivity index (χ1) is 9.88. The smallest absolute Gasteiger partial charge is 0.307 e. The van der Waals surface area contributed by atoms with Crippen LogP contribution >= 0.6 is 0 Å². The first kappa shape index (κ1) is 14.4. The van der Waals surface area contributed by atoms with E-state index >= 15 is 0 Å². The van der Waals surface area contributed by atoms with Crippen molar-refractivity contribution in [1.29, 1.82) is 0 Å². The summed E-state index contributed by atoms with van der Waals surface area (Å²) in [5.74, 6) is -3.51. The molecule has 0 aliphatic heterocycles. The molecule has 0 saturated heterocycles. The summed E-state index contributed by atoms with van der Waals surface area (Å²) in [6.45, 7) is 0. The lowest BCUT2D eigenvalue weighted by atomic mass is 10.1. The lowest BCUT2D eigenvalue weighted by Gasteiger charge is -2.06. The van der Waals surface area contributed by atoms with Crippen molar-refractivity contribution in [3.05, 3.63) is 63.7 Å². The molecule has 2 N–H and O–H groups in total. The van der Waals surface area contributed by atoms with Crippen LogP contribution in [0.3, 0.4) is 0 Å². The van der Waals surface area contributed by atoms with E-state index in [0.717, 1.165) is 0 Å². The first-order valence-corrected chi connectivity index (χ1v) is 5.62. The van der Waals surface area contributed by atoms with Gasteiger partial charge in [0, 0.05) is 5.69 Å². The monoisotopic (exact) mass is 294 g/mol. The summed E-state index contributed by atoms with van der Waals surface area (Å²) >= 11 is 0. The van der Waals surface area contributed by atoms with Crippen molar-refractivity contribution in [2.75, 3.05) is 5.32 Å². The van der Waals surface area contributed by atoms with E-state index in [1.807, 2.05) is 0 Å². The van der Waals surface area contributed by atoms with E-state index in [1.54, 1.807) is 0 Å². The minimum atomic E-state index is -1.31. The predicted octanol–water partition coefficient (Wildman–Crippen LogP) is 2.83. The van der Waals surface area contributed by atoms with Crippen molar-refractivity contribution in [1.82, 2.24) is 0 Å². The van der Waals surface area contributed by atoms with Gasteiger partial charge in [-0.1, -0.05) is 0 Å². The lowest BCUT2D eigenvalue weighted by Crippen LogP contribution is -2.14. The quantitative estimate of drug-likeness (QED) is 0.517. The summed E-state index contributed by atoms with van der Waals surface area (Å²) in [4.78, 5) is 21.2. The maximum atomic E-state index is 13.6. The highest BCUT2D eigenvalue weighted by atomic mass is 19.1. The molecule has 8 heteroatoms. The molecule has 0 heterocycles. The number of nitrogens with one attached hydrogen (secondary N) is 1. The number of hydrogen-bond acceptors (Lipinski definition) is 4. The van der Waals surface area contributed by atoms with Crippen LogP contribution in [0.15, 0.2) is 36.4 Å². The average Bonchev–Trinajstić information content (AvgIpc) is 2.43. The fourth-order valence-electron chi connectivity index (χ4n) is 1.59. The zero-order valence-electron chi connectivity index (χ0n) is 10.3. The number of nitrogens with zero attached hydrogens (tertiary/aromatic N) is 1. The third-order valence-electron chi connectivity index (χ3n) is 2.60. The normalized spacial score (nSPS) is 10.2. The van der Waals surface area contributed by atoms with Gasteiger partial charge >= 0.3 is 5.69 Å². The van der Waals surface area contributed by atoms with Crippen LogP contribution in [0.5, 0.6) is 5.75 Å². The van der Waals surface area contributed by atoms with Crippen LogP contribution in [0.1, 0.15) is 10.4 Å². The van der Waals surface area contributed by atoms with E-state index in [9.17, 15) is 23.7 Å². The molecule has 2 rings (SSSR count). The molecular weight excluding hydrogens is 286 g/mol. The molecule has 6 nitrogen and oxygen atoms in total. The van der Waals surface area contributed by atoms with Gasteiger partial charge in [-0.15, -0.1) is 0 Å². The van der Waals surface area contributed by atoms with Crippen LogP contribution in [0, 0.1) is 21.7 Å². The number of nitro benzene ring substituents is 1. The second-order valence-electron chi connectivity index (χ2n) is 4.04. The van der Waals surface area contributed by atoms with Gasteiger partial charge in [-0.25, -0.2) is 4.39 Å². The van der Waals surface area contributed by atoms with E-state index in [2.05, 4.69) is 5.32 Å². The molecule has 0 aliphatic carbocycles. The molecule has 2 aromatic rings.